The van der Waals surface area contributed by atoms with Crippen LogP contribution in [-0.4, -0.2) is 42.3 Å². The highest BCUT2D eigenvalue weighted by Gasteiger charge is 2.31. The summed E-state index contributed by atoms with van der Waals surface area (Å²) in [6.45, 7) is 2.36. The predicted octanol–water partition coefficient (Wildman–Crippen LogP) is 4.06. The molecular weight excluding hydrogens is 420 g/mol. The molecule has 7 heteroatoms. The van der Waals surface area contributed by atoms with E-state index in [2.05, 4.69) is 5.32 Å². The zero-order valence-electron chi connectivity index (χ0n) is 19.1. The van der Waals surface area contributed by atoms with Crippen molar-refractivity contribution in [2.24, 2.45) is 0 Å². The number of methoxy groups -OCH3 is 1. The van der Waals surface area contributed by atoms with E-state index in [1.54, 1.807) is 19.2 Å². The maximum Gasteiger partial charge on any atom is 0.291 e. The van der Waals surface area contributed by atoms with E-state index in [-0.39, 0.29) is 17.9 Å². The Labute approximate surface area is 194 Å². The third kappa shape index (κ3) is 5.53. The topological polar surface area (TPSA) is 84.9 Å². The van der Waals surface area contributed by atoms with Gasteiger partial charge in [0.15, 0.2) is 11.5 Å². The van der Waals surface area contributed by atoms with Crippen molar-refractivity contribution in [3.05, 3.63) is 53.6 Å². The van der Waals surface area contributed by atoms with Gasteiger partial charge in [0.2, 0.25) is 11.7 Å². The average Bonchev–Trinajstić information content (AvgIpc) is 3.45. The second kappa shape index (κ2) is 10.1. The van der Waals surface area contributed by atoms with E-state index in [1.807, 2.05) is 35.2 Å². The van der Waals surface area contributed by atoms with Crippen molar-refractivity contribution in [1.82, 2.24) is 4.90 Å². The Morgan fingerprint density at radius 1 is 1.06 bits per heavy atom. The minimum absolute atomic E-state index is 0.100. The molecule has 1 aliphatic heterocycles. The number of rotatable bonds is 8. The molecule has 2 fully saturated rings. The Morgan fingerprint density at radius 3 is 2.45 bits per heavy atom. The third-order valence-electron chi connectivity index (χ3n) is 6.37. The lowest BCUT2D eigenvalue weighted by molar-refractivity contribution is -0.133. The summed E-state index contributed by atoms with van der Waals surface area (Å²) in [6.07, 6.45) is 5.23. The van der Waals surface area contributed by atoms with E-state index >= 15 is 0 Å². The van der Waals surface area contributed by atoms with Gasteiger partial charge in [-0.15, -0.1) is 0 Å². The number of Topliss-reactive ketones (excluding diaryl/α,β-unsaturated/α-hetero) is 1. The lowest BCUT2D eigenvalue weighted by Crippen LogP contribution is -2.24. The van der Waals surface area contributed by atoms with Crippen molar-refractivity contribution >= 4 is 23.3 Å². The van der Waals surface area contributed by atoms with Crippen LogP contribution in [0.1, 0.15) is 56.1 Å². The van der Waals surface area contributed by atoms with E-state index in [1.165, 1.54) is 19.8 Å². The van der Waals surface area contributed by atoms with Gasteiger partial charge in [-0.25, -0.2) is 0 Å². The van der Waals surface area contributed by atoms with E-state index in [9.17, 15) is 14.4 Å². The molecule has 4 rings (SSSR count). The first-order chi connectivity index (χ1) is 15.9. The summed E-state index contributed by atoms with van der Waals surface area (Å²) in [7, 11) is 1.65. The highest BCUT2D eigenvalue weighted by molar-refractivity contribution is 6.39. The second-order valence-electron chi connectivity index (χ2n) is 8.82. The van der Waals surface area contributed by atoms with Gasteiger partial charge < -0.3 is 19.7 Å². The van der Waals surface area contributed by atoms with Gasteiger partial charge in [0.1, 0.15) is 0 Å². The predicted molar refractivity (Wildman–Crippen MR) is 124 cm³/mol. The van der Waals surface area contributed by atoms with Crippen LogP contribution < -0.4 is 14.8 Å². The van der Waals surface area contributed by atoms with Gasteiger partial charge >= 0.3 is 0 Å². The number of ketones is 1. The van der Waals surface area contributed by atoms with Crippen LogP contribution in [0.2, 0.25) is 0 Å². The lowest BCUT2D eigenvalue weighted by Gasteiger charge is -2.19. The van der Waals surface area contributed by atoms with E-state index in [4.69, 9.17) is 9.47 Å². The molecule has 174 valence electrons. The fourth-order valence-electron chi connectivity index (χ4n) is 4.51. The summed E-state index contributed by atoms with van der Waals surface area (Å²) in [5.41, 5.74) is 2.60. The van der Waals surface area contributed by atoms with Crippen LogP contribution in [0.3, 0.4) is 0 Å². The van der Waals surface area contributed by atoms with Crippen molar-refractivity contribution in [2.45, 2.75) is 57.6 Å². The molecular formula is C26H30N2O5. The Morgan fingerprint density at radius 2 is 1.79 bits per heavy atom. The number of carbonyl (C=O) groups is 3. The van der Waals surface area contributed by atoms with Gasteiger partial charge in [-0.1, -0.05) is 18.2 Å². The van der Waals surface area contributed by atoms with Gasteiger partial charge in [0.05, 0.1) is 13.2 Å². The minimum Gasteiger partial charge on any atom is -0.493 e. The number of hydrogen-bond acceptors (Lipinski definition) is 5. The number of hydrogen-bond donors (Lipinski definition) is 1. The summed E-state index contributed by atoms with van der Waals surface area (Å²) in [5, 5.41) is 2.55. The summed E-state index contributed by atoms with van der Waals surface area (Å²) < 4.78 is 11.7. The number of carbonyl (C=O) groups excluding carboxylic acids is 3. The normalized spacial score (nSPS) is 18.4. The molecule has 1 atom stereocenters. The molecule has 1 unspecified atom stereocenters. The smallest absolute Gasteiger partial charge is 0.291 e. The van der Waals surface area contributed by atoms with Gasteiger partial charge in [-0.2, -0.15) is 0 Å². The van der Waals surface area contributed by atoms with Gasteiger partial charge in [0, 0.05) is 38.0 Å². The molecule has 2 aromatic carbocycles. The van der Waals surface area contributed by atoms with Gasteiger partial charge in [0.25, 0.3) is 5.91 Å². The fourth-order valence-corrected chi connectivity index (χ4v) is 4.51. The summed E-state index contributed by atoms with van der Waals surface area (Å²) in [4.78, 5) is 37.2. The van der Waals surface area contributed by atoms with Crippen molar-refractivity contribution in [2.75, 3.05) is 19.0 Å². The number of benzene rings is 2. The highest BCUT2D eigenvalue weighted by atomic mass is 16.5. The number of ether oxygens (including phenoxy) is 2. The number of nitrogens with zero attached hydrogens (tertiary/aromatic N) is 1. The second-order valence-corrected chi connectivity index (χ2v) is 8.82. The number of amides is 2. The number of nitrogens with one attached hydrogen (secondary N) is 1. The third-order valence-corrected chi connectivity index (χ3v) is 6.37. The molecule has 7 nitrogen and oxygen atoms in total. The first-order valence-electron chi connectivity index (χ1n) is 11.5. The fraction of sp³-hybridized carbons (Fsp3) is 0.423. The van der Waals surface area contributed by atoms with E-state index < -0.39 is 11.7 Å². The van der Waals surface area contributed by atoms with Crippen LogP contribution >= 0.6 is 0 Å². The maximum absolute atomic E-state index is 12.7. The summed E-state index contributed by atoms with van der Waals surface area (Å²) >= 11 is 0. The van der Waals surface area contributed by atoms with Crippen molar-refractivity contribution in [3.63, 3.8) is 0 Å². The first-order valence-corrected chi connectivity index (χ1v) is 11.5. The van der Waals surface area contributed by atoms with Crippen molar-refractivity contribution in [3.8, 4) is 11.5 Å². The lowest BCUT2D eigenvalue weighted by atomic mass is 9.98. The van der Waals surface area contributed by atoms with Crippen LogP contribution in [0.4, 0.5) is 5.69 Å². The molecule has 2 aromatic rings. The molecule has 0 spiro atoms. The molecule has 0 bridgehead atoms. The molecule has 1 N–H and O–H groups in total. The summed E-state index contributed by atoms with van der Waals surface area (Å²) in [6, 6.07) is 13.2. The molecule has 0 aromatic heterocycles. The molecule has 1 aliphatic carbocycles. The number of likely N-dealkylation sites (tertiary alicyclic amines) is 1. The standard InChI is InChI=1S/C26H30N2O5/c1-17(29)26(31)27-21-10-7-18(8-11-21)15-28-16-20(14-25(28)30)19-9-12-23(32-2)24(13-19)33-22-5-3-4-6-22/h7-13,20,22H,3-6,14-16H2,1-2H3,(H,27,31). The maximum atomic E-state index is 12.7. The monoisotopic (exact) mass is 450 g/mol. The molecule has 1 saturated carbocycles. The average molecular weight is 451 g/mol. The molecule has 1 heterocycles. The molecule has 33 heavy (non-hydrogen) atoms. The van der Waals surface area contributed by atoms with E-state index in [0.717, 1.165) is 35.5 Å². The van der Waals surface area contributed by atoms with Crippen LogP contribution in [0.5, 0.6) is 11.5 Å². The van der Waals surface area contributed by atoms with Crippen LogP contribution in [0, 0.1) is 0 Å². The van der Waals surface area contributed by atoms with E-state index in [0.29, 0.717) is 25.2 Å². The minimum atomic E-state index is -0.643. The van der Waals surface area contributed by atoms with Crippen LogP contribution in [-0.2, 0) is 20.9 Å². The number of anilines is 1. The first kappa shape index (κ1) is 22.8. The van der Waals surface area contributed by atoms with Crippen LogP contribution in [0.15, 0.2) is 42.5 Å². The quantitative estimate of drug-likeness (QED) is 0.613. The van der Waals surface area contributed by atoms with Gasteiger partial charge in [-0.05, 0) is 61.1 Å². The van der Waals surface area contributed by atoms with Crippen LogP contribution in [0.25, 0.3) is 0 Å². The van der Waals surface area contributed by atoms with Crippen molar-refractivity contribution in [1.29, 1.82) is 0 Å². The Bertz CT molecular complexity index is 1030. The Balaban J connectivity index is 1.40. The molecule has 1 saturated heterocycles. The largest absolute Gasteiger partial charge is 0.493 e. The Hall–Kier alpha value is -3.35. The molecule has 0 radical (unpaired) electrons. The zero-order chi connectivity index (χ0) is 23.4. The van der Waals surface area contributed by atoms with Crippen molar-refractivity contribution < 1.29 is 23.9 Å². The zero-order valence-corrected chi connectivity index (χ0v) is 19.1. The van der Waals surface area contributed by atoms with Gasteiger partial charge in [-0.3, -0.25) is 14.4 Å². The summed E-state index contributed by atoms with van der Waals surface area (Å²) in [5.74, 6) is 0.519. The molecule has 2 amide bonds. The SMILES string of the molecule is COc1ccc(C2CC(=O)N(Cc3ccc(NC(=O)C(C)=O)cc3)C2)cc1OC1CCCC1. The molecule has 2 aliphatic rings. The highest BCUT2D eigenvalue weighted by Crippen LogP contribution is 2.37. The Kier molecular flexibility index (Phi) is 6.96.